The van der Waals surface area contributed by atoms with Gasteiger partial charge in [0.25, 0.3) is 5.92 Å². The number of aliphatic hydroxyl groups is 1. The maximum absolute atomic E-state index is 13.3. The Labute approximate surface area is 110 Å². The van der Waals surface area contributed by atoms with Gasteiger partial charge >= 0.3 is 5.69 Å². The highest BCUT2D eigenvalue weighted by atomic mass is 19.3. The number of nitrogen functional groups attached to an aromatic ring is 1. The predicted octanol–water partition coefficient (Wildman–Crippen LogP) is 0.623. The second kappa shape index (κ2) is 6.66. The van der Waals surface area contributed by atoms with Crippen molar-refractivity contribution in [2.24, 2.45) is 0 Å². The summed E-state index contributed by atoms with van der Waals surface area (Å²) in [6.07, 6.45) is -2.17. The summed E-state index contributed by atoms with van der Waals surface area (Å²) in [5.74, 6) is -3.16. The van der Waals surface area contributed by atoms with Crippen LogP contribution in [0.5, 0.6) is 0 Å². The number of alkyl halides is 4. The number of hydrogen-bond acceptors (Lipinski definition) is 5. The van der Waals surface area contributed by atoms with Crippen LogP contribution in [0, 0.1) is 0 Å². The summed E-state index contributed by atoms with van der Waals surface area (Å²) < 4.78 is 51.7. The highest BCUT2D eigenvalue weighted by Crippen LogP contribution is 2.39. The van der Waals surface area contributed by atoms with Crippen molar-refractivity contribution in [3.05, 3.63) is 22.7 Å². The number of nitrogens with two attached hydrogens (primary N) is 1. The molecule has 0 saturated carbocycles. The van der Waals surface area contributed by atoms with Crippen molar-refractivity contribution in [1.82, 2.24) is 9.55 Å². The molecule has 6 nitrogen and oxygen atoms in total. The molecule has 0 aliphatic carbocycles. The van der Waals surface area contributed by atoms with Crippen molar-refractivity contribution >= 4 is 5.82 Å². The van der Waals surface area contributed by atoms with Crippen LogP contribution in [0.4, 0.5) is 23.4 Å². The van der Waals surface area contributed by atoms with Gasteiger partial charge < -0.3 is 15.6 Å². The van der Waals surface area contributed by atoms with Crippen LogP contribution in [0.15, 0.2) is 17.1 Å². The maximum atomic E-state index is 13.3. The molecule has 1 aliphatic rings. The van der Waals surface area contributed by atoms with Gasteiger partial charge in [-0.1, -0.05) is 0 Å². The number of anilines is 1. The minimum Gasteiger partial charge on any atom is -0.393 e. The van der Waals surface area contributed by atoms with Crippen LogP contribution in [0.25, 0.3) is 0 Å². The van der Waals surface area contributed by atoms with E-state index in [-0.39, 0.29) is 5.82 Å². The quantitative estimate of drug-likeness (QED) is 0.781. The second-order valence-electron chi connectivity index (χ2n) is 3.87. The fourth-order valence-electron chi connectivity index (χ4n) is 1.69. The fourth-order valence-corrected chi connectivity index (χ4v) is 1.69. The zero-order chi connectivity index (χ0) is 15.3. The van der Waals surface area contributed by atoms with Crippen LogP contribution in [0.2, 0.25) is 0 Å². The van der Waals surface area contributed by atoms with E-state index in [2.05, 4.69) is 4.98 Å². The molecule has 1 fully saturated rings. The molecular weight excluding hydrogens is 286 g/mol. The summed E-state index contributed by atoms with van der Waals surface area (Å²) in [7, 11) is 0. The summed E-state index contributed by atoms with van der Waals surface area (Å²) in [5, 5.41) is 8.75. The standard InChI is InChI=1S/C9H11F2N3O3.CH2F2/c10-9(11)3-7(17-5(9)4-15)14-2-1-6(12)13-8(14)16;2-1-3/h1-2,5,7,15H,3-4H2,(H2,12,13,16);1H2. The Morgan fingerprint density at radius 3 is 2.60 bits per heavy atom. The number of hydrogen-bond donors (Lipinski definition) is 2. The first kappa shape index (κ1) is 16.4. The summed E-state index contributed by atoms with van der Waals surface area (Å²) >= 11 is 0. The molecule has 20 heavy (non-hydrogen) atoms. The molecule has 0 amide bonds. The number of ether oxygens (including phenoxy) is 1. The SMILES string of the molecule is FCF.Nc1ccn(C2CC(F)(F)C(CO)O2)c(=O)n1. The number of aliphatic hydroxyl groups excluding tert-OH is 1. The van der Waals surface area contributed by atoms with Crippen molar-refractivity contribution in [1.29, 1.82) is 0 Å². The molecule has 0 radical (unpaired) electrons. The van der Waals surface area contributed by atoms with Gasteiger partial charge in [0.15, 0.2) is 0 Å². The molecule has 2 rings (SSSR count). The van der Waals surface area contributed by atoms with Gasteiger partial charge in [-0.25, -0.2) is 22.4 Å². The van der Waals surface area contributed by atoms with Crippen molar-refractivity contribution in [3.63, 3.8) is 0 Å². The molecule has 1 saturated heterocycles. The summed E-state index contributed by atoms with van der Waals surface area (Å²) in [6, 6.07) is 1.31. The third-order valence-electron chi connectivity index (χ3n) is 2.57. The zero-order valence-electron chi connectivity index (χ0n) is 10.2. The average molecular weight is 299 g/mol. The maximum Gasteiger partial charge on any atom is 0.351 e. The van der Waals surface area contributed by atoms with Crippen LogP contribution in [0.1, 0.15) is 12.6 Å². The zero-order valence-corrected chi connectivity index (χ0v) is 10.2. The van der Waals surface area contributed by atoms with E-state index in [1.54, 1.807) is 0 Å². The van der Waals surface area contributed by atoms with E-state index < -0.39 is 43.9 Å². The number of nitrogens with zero attached hydrogens (tertiary/aromatic N) is 2. The topological polar surface area (TPSA) is 90.4 Å². The third-order valence-corrected chi connectivity index (χ3v) is 2.57. The third kappa shape index (κ3) is 3.67. The first-order valence-corrected chi connectivity index (χ1v) is 5.46. The van der Waals surface area contributed by atoms with E-state index >= 15 is 0 Å². The summed E-state index contributed by atoms with van der Waals surface area (Å²) in [4.78, 5) is 14.8. The Hall–Kier alpha value is -1.68. The normalized spacial score (nSPS) is 24.1. The van der Waals surface area contributed by atoms with Crippen LogP contribution in [0.3, 0.4) is 0 Å². The van der Waals surface area contributed by atoms with E-state index in [1.165, 1.54) is 12.3 Å². The van der Waals surface area contributed by atoms with E-state index in [1.807, 2.05) is 0 Å². The average Bonchev–Trinajstić information content (AvgIpc) is 2.65. The Kier molecular flexibility index (Phi) is 5.45. The first-order chi connectivity index (χ1) is 9.35. The highest BCUT2D eigenvalue weighted by Gasteiger charge is 2.50. The van der Waals surface area contributed by atoms with E-state index in [4.69, 9.17) is 15.6 Å². The van der Waals surface area contributed by atoms with Crippen molar-refractivity contribution in [2.45, 2.75) is 24.7 Å². The molecule has 2 atom stereocenters. The van der Waals surface area contributed by atoms with E-state index in [0.29, 0.717) is 0 Å². The van der Waals surface area contributed by atoms with Gasteiger partial charge in [0, 0.05) is 6.20 Å². The van der Waals surface area contributed by atoms with Crippen LogP contribution < -0.4 is 11.4 Å². The molecule has 2 unspecified atom stereocenters. The molecule has 0 spiro atoms. The highest BCUT2D eigenvalue weighted by molar-refractivity contribution is 5.23. The Bertz CT molecular complexity index is 497. The van der Waals surface area contributed by atoms with Crippen LogP contribution in [-0.2, 0) is 4.74 Å². The number of aromatic nitrogens is 2. The lowest BCUT2D eigenvalue weighted by atomic mass is 10.2. The van der Waals surface area contributed by atoms with Crippen molar-refractivity contribution < 1.29 is 27.4 Å². The van der Waals surface area contributed by atoms with Gasteiger partial charge in [0.1, 0.15) is 18.1 Å². The lowest BCUT2D eigenvalue weighted by molar-refractivity contribution is -0.102. The lowest BCUT2D eigenvalue weighted by Gasteiger charge is -2.14. The summed E-state index contributed by atoms with van der Waals surface area (Å²) in [5.41, 5.74) is 4.52. The monoisotopic (exact) mass is 299 g/mol. The lowest BCUT2D eigenvalue weighted by Crippen LogP contribution is -2.31. The molecule has 1 aromatic rings. The molecule has 2 heterocycles. The van der Waals surface area contributed by atoms with Gasteiger partial charge in [-0.15, -0.1) is 0 Å². The molecule has 1 aromatic heterocycles. The number of halogens is 4. The Morgan fingerprint density at radius 1 is 1.55 bits per heavy atom. The predicted molar refractivity (Wildman–Crippen MR) is 60.6 cm³/mol. The smallest absolute Gasteiger partial charge is 0.351 e. The first-order valence-electron chi connectivity index (χ1n) is 5.46. The molecule has 0 aromatic carbocycles. The van der Waals surface area contributed by atoms with Crippen LogP contribution in [-0.4, -0.2) is 40.2 Å². The Balaban J connectivity index is 0.000000612. The van der Waals surface area contributed by atoms with Gasteiger partial charge in [0.2, 0.25) is 6.93 Å². The minimum atomic E-state index is -3.17. The minimum absolute atomic E-state index is 0.00900. The van der Waals surface area contributed by atoms with Gasteiger partial charge in [0.05, 0.1) is 13.0 Å². The van der Waals surface area contributed by atoms with Crippen LogP contribution >= 0.6 is 0 Å². The second-order valence-corrected chi connectivity index (χ2v) is 3.87. The van der Waals surface area contributed by atoms with Gasteiger partial charge in [-0.2, -0.15) is 4.98 Å². The molecule has 1 aliphatic heterocycles. The van der Waals surface area contributed by atoms with Crippen molar-refractivity contribution in [3.8, 4) is 0 Å². The fraction of sp³-hybridized carbons (Fsp3) is 0.600. The summed E-state index contributed by atoms with van der Waals surface area (Å²) in [6.45, 7) is -2.55. The molecular formula is C10H13F4N3O3. The molecule has 0 bridgehead atoms. The van der Waals surface area contributed by atoms with E-state index in [9.17, 15) is 22.4 Å². The largest absolute Gasteiger partial charge is 0.393 e. The van der Waals surface area contributed by atoms with Gasteiger partial charge in [-0.05, 0) is 6.07 Å². The molecule has 114 valence electrons. The molecule has 3 N–H and O–H groups in total. The Morgan fingerprint density at radius 2 is 2.15 bits per heavy atom. The number of rotatable bonds is 2. The van der Waals surface area contributed by atoms with E-state index in [0.717, 1.165) is 4.57 Å². The van der Waals surface area contributed by atoms with Gasteiger partial charge in [-0.3, -0.25) is 4.57 Å². The van der Waals surface area contributed by atoms with Crippen molar-refractivity contribution in [2.75, 3.05) is 19.3 Å². The molecule has 10 heteroatoms.